The molecular formula is C12H14BrN3. The van der Waals surface area contributed by atoms with E-state index in [1.165, 1.54) is 5.56 Å². The Bertz CT molecular complexity index is 544. The standard InChI is InChI=1S/C12H14BrN3/c13-10-3-1-2-8-4-5-12(6-9(8)10)7-15-11(14)16-12/h1-3H,4-7H2,(H3,14,15,16)/t12-/m0/s1/i7D2. The van der Waals surface area contributed by atoms with Crippen LogP contribution in [-0.2, 0) is 12.8 Å². The van der Waals surface area contributed by atoms with Gasteiger partial charge in [-0.3, -0.25) is 0 Å². The third-order valence-corrected chi connectivity index (χ3v) is 3.99. The van der Waals surface area contributed by atoms with Gasteiger partial charge in [0, 0.05) is 17.4 Å². The lowest BCUT2D eigenvalue weighted by atomic mass is 9.79. The van der Waals surface area contributed by atoms with Gasteiger partial charge >= 0.3 is 0 Å². The summed E-state index contributed by atoms with van der Waals surface area (Å²) in [4.78, 5) is 4.36. The molecule has 0 saturated carbocycles. The van der Waals surface area contributed by atoms with Crippen molar-refractivity contribution in [2.24, 2.45) is 10.7 Å². The fourth-order valence-electron chi connectivity index (χ4n) is 2.43. The van der Waals surface area contributed by atoms with Crippen molar-refractivity contribution in [3.8, 4) is 0 Å². The minimum atomic E-state index is -1.58. The lowest BCUT2D eigenvalue weighted by Gasteiger charge is -2.31. The Hall–Kier alpha value is -1.03. The topological polar surface area (TPSA) is 50.4 Å². The summed E-state index contributed by atoms with van der Waals surface area (Å²) >= 11 is 3.54. The van der Waals surface area contributed by atoms with Crippen LogP contribution < -0.4 is 11.1 Å². The quantitative estimate of drug-likeness (QED) is 0.759. The van der Waals surface area contributed by atoms with Crippen molar-refractivity contribution in [1.82, 2.24) is 5.32 Å². The minimum absolute atomic E-state index is 0.204. The number of halogens is 1. The van der Waals surface area contributed by atoms with E-state index in [0.717, 1.165) is 16.5 Å². The van der Waals surface area contributed by atoms with Gasteiger partial charge in [0.15, 0.2) is 5.96 Å². The van der Waals surface area contributed by atoms with Crippen molar-refractivity contribution < 1.29 is 2.74 Å². The molecule has 0 radical (unpaired) electrons. The molecule has 3 nitrogen and oxygen atoms in total. The van der Waals surface area contributed by atoms with Crippen molar-refractivity contribution in [2.45, 2.75) is 24.8 Å². The van der Waals surface area contributed by atoms with Crippen LogP contribution in [0.4, 0.5) is 0 Å². The summed E-state index contributed by atoms with van der Waals surface area (Å²) in [6, 6.07) is 6.10. The lowest BCUT2D eigenvalue weighted by Crippen LogP contribution is -2.39. The van der Waals surface area contributed by atoms with Gasteiger partial charge in [0.1, 0.15) is 0 Å². The van der Waals surface area contributed by atoms with E-state index < -0.39 is 12.0 Å². The monoisotopic (exact) mass is 281 g/mol. The van der Waals surface area contributed by atoms with Crippen LogP contribution in [0.25, 0.3) is 0 Å². The molecule has 1 heterocycles. The van der Waals surface area contributed by atoms with Gasteiger partial charge < -0.3 is 11.1 Å². The second-order valence-electron chi connectivity index (χ2n) is 4.33. The summed E-state index contributed by atoms with van der Waals surface area (Å²) in [5.41, 5.74) is 7.31. The Morgan fingerprint density at radius 2 is 2.44 bits per heavy atom. The molecule has 4 heteroatoms. The first-order valence-corrected chi connectivity index (χ1v) is 6.13. The number of hydrogen-bond donors (Lipinski definition) is 2. The fraction of sp³-hybridized carbons (Fsp3) is 0.417. The number of fused-ring (bicyclic) bond motifs is 1. The second-order valence-corrected chi connectivity index (χ2v) is 5.19. The van der Waals surface area contributed by atoms with Crippen LogP contribution in [0.5, 0.6) is 0 Å². The number of guanidine groups is 1. The fourth-order valence-corrected chi connectivity index (χ4v) is 2.97. The second kappa shape index (κ2) is 3.48. The summed E-state index contributed by atoms with van der Waals surface area (Å²) < 4.78 is 17.3. The number of aryl methyl sites for hydroxylation is 1. The Kier molecular flexibility index (Phi) is 1.77. The van der Waals surface area contributed by atoms with Crippen molar-refractivity contribution in [3.63, 3.8) is 0 Å². The summed E-state index contributed by atoms with van der Waals surface area (Å²) in [5, 5.41) is 2.65. The molecule has 1 aromatic carbocycles. The van der Waals surface area contributed by atoms with Gasteiger partial charge in [0.25, 0.3) is 0 Å². The molecule has 0 fully saturated rings. The first kappa shape index (κ1) is 8.12. The largest absolute Gasteiger partial charge is 0.370 e. The number of aliphatic imine (C=N–C) groups is 1. The molecule has 3 N–H and O–H groups in total. The smallest absolute Gasteiger partial charge is 0.189 e. The van der Waals surface area contributed by atoms with Crippen LogP contribution in [0, 0.1) is 0 Å². The normalized spacial score (nSPS) is 32.4. The zero-order valence-corrected chi connectivity index (χ0v) is 10.3. The Balaban J connectivity index is 2.07. The van der Waals surface area contributed by atoms with Gasteiger partial charge in [-0.15, -0.1) is 0 Å². The van der Waals surface area contributed by atoms with Crippen LogP contribution in [0.1, 0.15) is 20.3 Å². The maximum absolute atomic E-state index is 8.12. The van der Waals surface area contributed by atoms with Crippen molar-refractivity contribution in [2.75, 3.05) is 6.50 Å². The van der Waals surface area contributed by atoms with Gasteiger partial charge in [-0.2, -0.15) is 0 Å². The zero-order valence-electron chi connectivity index (χ0n) is 10.8. The molecule has 16 heavy (non-hydrogen) atoms. The van der Waals surface area contributed by atoms with Crippen LogP contribution in [-0.4, -0.2) is 18.0 Å². The molecular weight excluding hydrogens is 266 g/mol. The van der Waals surface area contributed by atoms with E-state index in [-0.39, 0.29) is 5.96 Å². The van der Waals surface area contributed by atoms with Gasteiger partial charge in [-0.1, -0.05) is 28.1 Å². The molecule has 1 aliphatic heterocycles. The van der Waals surface area contributed by atoms with Gasteiger partial charge in [-0.25, -0.2) is 4.99 Å². The highest BCUT2D eigenvalue weighted by Crippen LogP contribution is 2.36. The van der Waals surface area contributed by atoms with E-state index in [9.17, 15) is 0 Å². The Morgan fingerprint density at radius 3 is 3.19 bits per heavy atom. The molecule has 0 bridgehead atoms. The average molecular weight is 282 g/mol. The molecule has 1 aliphatic carbocycles. The van der Waals surface area contributed by atoms with Crippen molar-refractivity contribution in [3.05, 3.63) is 33.8 Å². The number of benzene rings is 1. The molecule has 1 spiro atoms. The summed E-state index contributed by atoms with van der Waals surface area (Å²) in [7, 11) is 0. The SMILES string of the molecule is [2H]C1([2H])NC(N)=N[C@]12CCc1cccc(Br)c1C2. The molecule has 2 aliphatic rings. The third kappa shape index (κ3) is 1.52. The summed E-state index contributed by atoms with van der Waals surface area (Å²) in [6.07, 6.45) is 2.08. The lowest BCUT2D eigenvalue weighted by molar-refractivity contribution is 0.393. The van der Waals surface area contributed by atoms with E-state index in [2.05, 4.69) is 32.3 Å². The average Bonchev–Trinajstić information content (AvgIpc) is 2.50. The summed E-state index contributed by atoms with van der Waals surface area (Å²) in [5.74, 6) is 0.204. The Labute approximate surface area is 106 Å². The highest BCUT2D eigenvalue weighted by molar-refractivity contribution is 9.10. The first-order valence-electron chi connectivity index (χ1n) is 6.33. The predicted molar refractivity (Wildman–Crippen MR) is 68.5 cm³/mol. The van der Waals surface area contributed by atoms with Crippen molar-refractivity contribution >= 4 is 21.9 Å². The van der Waals surface area contributed by atoms with Gasteiger partial charge in [-0.05, 0) is 30.0 Å². The number of rotatable bonds is 0. The predicted octanol–water partition coefficient (Wildman–Crippen LogP) is 1.59. The number of nitrogens with one attached hydrogen (secondary N) is 1. The molecule has 84 valence electrons. The van der Waals surface area contributed by atoms with E-state index >= 15 is 0 Å². The molecule has 1 aromatic rings. The van der Waals surface area contributed by atoms with Crippen LogP contribution in [0.15, 0.2) is 27.7 Å². The van der Waals surface area contributed by atoms with Crippen LogP contribution >= 0.6 is 15.9 Å². The van der Waals surface area contributed by atoms with E-state index in [0.29, 0.717) is 12.8 Å². The maximum Gasteiger partial charge on any atom is 0.189 e. The zero-order chi connectivity index (χ0) is 13.0. The van der Waals surface area contributed by atoms with Gasteiger partial charge in [0.05, 0.1) is 8.28 Å². The number of hydrogen-bond acceptors (Lipinski definition) is 3. The molecule has 3 rings (SSSR count). The maximum atomic E-state index is 8.12. The van der Waals surface area contributed by atoms with E-state index in [1.807, 2.05) is 12.1 Å². The molecule has 0 saturated heterocycles. The summed E-state index contributed by atoms with van der Waals surface area (Å²) in [6.45, 7) is -1.58. The third-order valence-electron chi connectivity index (χ3n) is 3.25. The first-order chi connectivity index (χ1) is 8.44. The van der Waals surface area contributed by atoms with E-state index in [1.54, 1.807) is 0 Å². The minimum Gasteiger partial charge on any atom is -0.370 e. The highest BCUT2D eigenvalue weighted by Gasteiger charge is 2.38. The van der Waals surface area contributed by atoms with Crippen molar-refractivity contribution in [1.29, 1.82) is 0 Å². The molecule has 0 amide bonds. The van der Waals surface area contributed by atoms with Gasteiger partial charge in [0.2, 0.25) is 0 Å². The Morgan fingerprint density at radius 1 is 1.56 bits per heavy atom. The number of nitrogens with two attached hydrogens (primary N) is 1. The molecule has 0 aromatic heterocycles. The number of nitrogens with zero attached hydrogens (tertiary/aromatic N) is 1. The highest BCUT2D eigenvalue weighted by atomic mass is 79.9. The van der Waals surface area contributed by atoms with Crippen LogP contribution in [0.3, 0.4) is 0 Å². The van der Waals surface area contributed by atoms with Crippen LogP contribution in [0.2, 0.25) is 0 Å². The van der Waals surface area contributed by atoms with E-state index in [4.69, 9.17) is 8.48 Å². The molecule has 1 atom stereocenters. The molecule has 0 unspecified atom stereocenters.